The SMILES string of the molecule is CSc1ncc(-c2ccc3ncc4c(c3n2)N(c2ccc(N3CCNCC3)c(C(F)(F)F)c2)C(=O)N(C)C4)cn1. The third-order valence-corrected chi connectivity index (χ3v) is 7.59. The summed E-state index contributed by atoms with van der Waals surface area (Å²) in [5, 5.41) is 3.78. The largest absolute Gasteiger partial charge is 0.418 e. The molecule has 1 saturated heterocycles. The fourth-order valence-electron chi connectivity index (χ4n) is 5.07. The van der Waals surface area contributed by atoms with Gasteiger partial charge in [-0.1, -0.05) is 11.8 Å². The van der Waals surface area contributed by atoms with E-state index >= 15 is 0 Å². The summed E-state index contributed by atoms with van der Waals surface area (Å²) in [4.78, 5) is 36.0. The number of amides is 2. The molecule has 2 aliphatic heterocycles. The average Bonchev–Trinajstić information content (AvgIpc) is 2.97. The van der Waals surface area contributed by atoms with Crippen molar-refractivity contribution in [2.45, 2.75) is 17.9 Å². The molecule has 0 radical (unpaired) electrons. The number of piperazine rings is 1. The number of nitrogens with one attached hydrogen (secondary N) is 1. The lowest BCUT2D eigenvalue weighted by molar-refractivity contribution is -0.137. The fourth-order valence-corrected chi connectivity index (χ4v) is 5.39. The van der Waals surface area contributed by atoms with Crippen LogP contribution in [0.5, 0.6) is 0 Å². The van der Waals surface area contributed by atoms with Crippen LogP contribution < -0.4 is 15.1 Å². The molecule has 9 nitrogen and oxygen atoms in total. The number of hydrogen-bond acceptors (Lipinski definition) is 8. The molecular weight excluding hydrogens is 541 g/mol. The first kappa shape index (κ1) is 26.3. The summed E-state index contributed by atoms with van der Waals surface area (Å²) in [7, 11) is 1.61. The van der Waals surface area contributed by atoms with Crippen LogP contribution in [0, 0.1) is 0 Å². The lowest BCUT2D eigenvalue weighted by Crippen LogP contribution is -2.44. The van der Waals surface area contributed by atoms with Crippen LogP contribution in [0.15, 0.2) is 54.1 Å². The molecule has 2 amide bonds. The number of carbonyl (C=O) groups excluding carboxylic acids is 1. The van der Waals surface area contributed by atoms with E-state index < -0.39 is 17.8 Å². The number of urea groups is 1. The molecule has 13 heteroatoms. The maximum absolute atomic E-state index is 14.4. The van der Waals surface area contributed by atoms with Crippen molar-refractivity contribution in [3.63, 3.8) is 0 Å². The molecule has 4 aromatic rings. The van der Waals surface area contributed by atoms with Crippen molar-refractivity contribution in [1.29, 1.82) is 0 Å². The standard InChI is InChI=1S/C27H25F3N8OS/c1-36-15-17-14-32-21-5-4-20(16-12-33-25(40-2)34-13-16)35-23(21)24(17)38(26(36)39)18-3-6-22(19(11-18)27(28,29)30)37-9-7-31-8-10-37/h3-6,11-14,31H,7-10,15H2,1-2H3. The Balaban J connectivity index is 1.52. The molecule has 0 spiro atoms. The van der Waals surface area contributed by atoms with Gasteiger partial charge in [-0.05, 0) is 36.6 Å². The van der Waals surface area contributed by atoms with Crippen LogP contribution in [0.1, 0.15) is 11.1 Å². The third-order valence-electron chi connectivity index (χ3n) is 7.02. The van der Waals surface area contributed by atoms with Gasteiger partial charge in [-0.2, -0.15) is 13.2 Å². The first-order valence-electron chi connectivity index (χ1n) is 12.6. The van der Waals surface area contributed by atoms with Crippen LogP contribution in [-0.4, -0.2) is 70.3 Å². The number of benzene rings is 1. The fraction of sp³-hybridized carbons (Fsp3) is 0.296. The van der Waals surface area contributed by atoms with Crippen LogP contribution in [0.4, 0.5) is 35.0 Å². The van der Waals surface area contributed by atoms with Gasteiger partial charge < -0.3 is 15.1 Å². The van der Waals surface area contributed by atoms with E-state index in [-0.39, 0.29) is 17.9 Å². The zero-order valence-corrected chi connectivity index (χ0v) is 22.6. The highest BCUT2D eigenvalue weighted by Crippen LogP contribution is 2.43. The van der Waals surface area contributed by atoms with Gasteiger partial charge in [0, 0.05) is 68.6 Å². The van der Waals surface area contributed by atoms with Crippen molar-refractivity contribution < 1.29 is 18.0 Å². The van der Waals surface area contributed by atoms with Gasteiger partial charge in [0.1, 0.15) is 5.52 Å². The van der Waals surface area contributed by atoms with E-state index in [0.717, 1.165) is 6.07 Å². The predicted octanol–water partition coefficient (Wildman–Crippen LogP) is 4.94. The molecule has 0 unspecified atom stereocenters. The Bertz CT molecular complexity index is 1590. The molecule has 5 heterocycles. The van der Waals surface area contributed by atoms with E-state index in [4.69, 9.17) is 4.98 Å². The lowest BCUT2D eigenvalue weighted by atomic mass is 10.0. The molecule has 2 aliphatic rings. The second-order valence-electron chi connectivity index (χ2n) is 9.57. The number of hydrogen-bond donors (Lipinski definition) is 1. The molecule has 1 aromatic carbocycles. The van der Waals surface area contributed by atoms with Gasteiger partial charge in [0.25, 0.3) is 0 Å². The maximum atomic E-state index is 14.4. The summed E-state index contributed by atoms with van der Waals surface area (Å²) in [5.74, 6) is 0. The Hall–Kier alpha value is -3.97. The molecule has 206 valence electrons. The van der Waals surface area contributed by atoms with Gasteiger partial charge in [0.15, 0.2) is 5.16 Å². The van der Waals surface area contributed by atoms with Crippen molar-refractivity contribution >= 4 is 45.9 Å². The molecule has 6 rings (SSSR count). The second-order valence-corrected chi connectivity index (χ2v) is 10.3. The van der Waals surface area contributed by atoms with E-state index in [9.17, 15) is 18.0 Å². The highest BCUT2D eigenvalue weighted by atomic mass is 32.2. The Morgan fingerprint density at radius 1 is 1.00 bits per heavy atom. The summed E-state index contributed by atoms with van der Waals surface area (Å²) in [6, 6.07) is 7.18. The number of alkyl halides is 3. The smallest absolute Gasteiger partial charge is 0.368 e. The molecule has 0 bridgehead atoms. The van der Waals surface area contributed by atoms with Crippen LogP contribution in [0.2, 0.25) is 0 Å². The summed E-state index contributed by atoms with van der Waals surface area (Å²) in [6.45, 7) is 2.36. The quantitative estimate of drug-likeness (QED) is 0.275. The van der Waals surface area contributed by atoms with E-state index in [1.165, 1.54) is 27.6 Å². The van der Waals surface area contributed by atoms with Crippen LogP contribution >= 0.6 is 11.8 Å². The summed E-state index contributed by atoms with van der Waals surface area (Å²) in [5.41, 5.74) is 2.67. The highest BCUT2D eigenvalue weighted by molar-refractivity contribution is 7.98. The van der Waals surface area contributed by atoms with Crippen LogP contribution in [-0.2, 0) is 12.7 Å². The lowest BCUT2D eigenvalue weighted by Gasteiger charge is -2.36. The van der Waals surface area contributed by atoms with E-state index in [0.29, 0.717) is 64.9 Å². The first-order valence-corrected chi connectivity index (χ1v) is 13.8. The molecule has 40 heavy (non-hydrogen) atoms. The summed E-state index contributed by atoms with van der Waals surface area (Å²) >= 11 is 1.42. The molecule has 1 N–H and O–H groups in total. The third kappa shape index (κ3) is 4.68. The number of aromatic nitrogens is 4. The summed E-state index contributed by atoms with van der Waals surface area (Å²) in [6.07, 6.45) is 2.24. The zero-order valence-electron chi connectivity index (χ0n) is 21.7. The highest BCUT2D eigenvalue weighted by Gasteiger charge is 2.38. The molecule has 0 saturated carbocycles. The molecule has 3 aromatic heterocycles. The first-order chi connectivity index (χ1) is 19.2. The number of halogens is 3. The number of carbonyl (C=O) groups is 1. The predicted molar refractivity (Wildman–Crippen MR) is 148 cm³/mol. The van der Waals surface area contributed by atoms with Crippen molar-refractivity contribution in [3.8, 4) is 11.3 Å². The monoisotopic (exact) mass is 566 g/mol. The minimum absolute atomic E-state index is 0.101. The van der Waals surface area contributed by atoms with E-state index in [2.05, 4.69) is 20.3 Å². The van der Waals surface area contributed by atoms with Gasteiger partial charge in [-0.25, -0.2) is 19.7 Å². The van der Waals surface area contributed by atoms with Gasteiger partial charge in [0.05, 0.1) is 34.7 Å². The minimum atomic E-state index is -4.61. The number of rotatable bonds is 4. The van der Waals surface area contributed by atoms with Gasteiger partial charge in [-0.3, -0.25) is 9.88 Å². The minimum Gasteiger partial charge on any atom is -0.368 e. The van der Waals surface area contributed by atoms with E-state index in [1.54, 1.807) is 48.7 Å². The molecule has 1 fully saturated rings. The number of anilines is 3. The number of nitrogens with zero attached hydrogens (tertiary/aromatic N) is 7. The number of fused-ring (bicyclic) bond motifs is 3. The van der Waals surface area contributed by atoms with Crippen molar-refractivity contribution in [2.24, 2.45) is 0 Å². The second kappa shape index (κ2) is 10.2. The Labute approximate surface area is 232 Å². The normalized spacial score (nSPS) is 16.0. The number of thioether (sulfide) groups is 1. The van der Waals surface area contributed by atoms with Crippen LogP contribution in [0.25, 0.3) is 22.3 Å². The Morgan fingerprint density at radius 2 is 1.75 bits per heavy atom. The van der Waals surface area contributed by atoms with Gasteiger partial charge >= 0.3 is 12.2 Å². The van der Waals surface area contributed by atoms with Crippen molar-refractivity contribution in [3.05, 3.63) is 60.0 Å². The zero-order chi connectivity index (χ0) is 28.0. The Kier molecular flexibility index (Phi) is 6.70. The maximum Gasteiger partial charge on any atom is 0.418 e. The topological polar surface area (TPSA) is 90.4 Å². The van der Waals surface area contributed by atoms with E-state index in [1.807, 2.05) is 6.26 Å². The molecule has 0 aliphatic carbocycles. The number of pyridine rings is 2. The van der Waals surface area contributed by atoms with Crippen molar-refractivity contribution in [2.75, 3.05) is 49.3 Å². The van der Waals surface area contributed by atoms with Gasteiger partial charge in [0.2, 0.25) is 0 Å². The van der Waals surface area contributed by atoms with Crippen molar-refractivity contribution in [1.82, 2.24) is 30.2 Å². The average molecular weight is 567 g/mol. The Morgan fingerprint density at radius 3 is 2.45 bits per heavy atom. The molecular formula is C27H25F3N8OS. The summed E-state index contributed by atoms with van der Waals surface area (Å²) < 4.78 is 43.1. The molecule has 0 atom stereocenters. The van der Waals surface area contributed by atoms with Crippen LogP contribution in [0.3, 0.4) is 0 Å². The van der Waals surface area contributed by atoms with Gasteiger partial charge in [-0.15, -0.1) is 0 Å².